The van der Waals surface area contributed by atoms with Crippen LogP contribution in [0, 0.1) is 12.7 Å². The van der Waals surface area contributed by atoms with Crippen molar-refractivity contribution in [1.82, 2.24) is 9.97 Å². The van der Waals surface area contributed by atoms with Crippen molar-refractivity contribution in [3.8, 4) is 0 Å². The SMILES string of the molecule is CCCNc1cc(C(=O)Nc2ccccc2F)nc(C)n1. The van der Waals surface area contributed by atoms with Crippen LogP contribution in [0.3, 0.4) is 0 Å². The first-order valence-electron chi connectivity index (χ1n) is 6.75. The largest absolute Gasteiger partial charge is 0.370 e. The number of anilines is 2. The molecule has 0 aliphatic rings. The number of nitrogens with one attached hydrogen (secondary N) is 2. The van der Waals surface area contributed by atoms with Gasteiger partial charge in [-0.05, 0) is 25.5 Å². The number of para-hydroxylation sites is 1. The Balaban J connectivity index is 2.19. The third kappa shape index (κ3) is 3.98. The highest BCUT2D eigenvalue weighted by Gasteiger charge is 2.12. The normalized spacial score (nSPS) is 10.2. The topological polar surface area (TPSA) is 66.9 Å². The van der Waals surface area contributed by atoms with Crippen molar-refractivity contribution >= 4 is 17.4 Å². The van der Waals surface area contributed by atoms with Crippen LogP contribution in [0.2, 0.25) is 0 Å². The number of hydrogen-bond donors (Lipinski definition) is 2. The van der Waals surface area contributed by atoms with Crippen LogP contribution >= 0.6 is 0 Å². The van der Waals surface area contributed by atoms with Gasteiger partial charge < -0.3 is 10.6 Å². The number of halogens is 1. The second-order valence-electron chi connectivity index (χ2n) is 4.55. The lowest BCUT2D eigenvalue weighted by Crippen LogP contribution is -2.16. The number of hydrogen-bond acceptors (Lipinski definition) is 4. The molecular formula is C15H17FN4O. The Kier molecular flexibility index (Phi) is 4.81. The summed E-state index contributed by atoms with van der Waals surface area (Å²) in [4.78, 5) is 20.4. The monoisotopic (exact) mass is 288 g/mol. The summed E-state index contributed by atoms with van der Waals surface area (Å²) in [5.41, 5.74) is 0.325. The minimum Gasteiger partial charge on any atom is -0.370 e. The first-order valence-corrected chi connectivity index (χ1v) is 6.75. The number of rotatable bonds is 5. The molecule has 2 rings (SSSR count). The highest BCUT2D eigenvalue weighted by atomic mass is 19.1. The van der Waals surface area contributed by atoms with Crippen molar-refractivity contribution in [2.24, 2.45) is 0 Å². The van der Waals surface area contributed by atoms with Crippen LogP contribution in [0.15, 0.2) is 30.3 Å². The van der Waals surface area contributed by atoms with E-state index in [-0.39, 0.29) is 11.4 Å². The lowest BCUT2D eigenvalue weighted by Gasteiger charge is -2.09. The van der Waals surface area contributed by atoms with Crippen molar-refractivity contribution in [3.63, 3.8) is 0 Å². The van der Waals surface area contributed by atoms with E-state index < -0.39 is 11.7 Å². The summed E-state index contributed by atoms with van der Waals surface area (Å²) in [5, 5.41) is 5.61. The van der Waals surface area contributed by atoms with E-state index >= 15 is 0 Å². The van der Waals surface area contributed by atoms with E-state index in [9.17, 15) is 9.18 Å². The first kappa shape index (κ1) is 14.9. The Morgan fingerprint density at radius 1 is 1.29 bits per heavy atom. The zero-order chi connectivity index (χ0) is 15.2. The standard InChI is InChI=1S/C15H17FN4O/c1-3-8-17-14-9-13(18-10(2)19-14)15(21)20-12-7-5-4-6-11(12)16/h4-7,9H,3,8H2,1-2H3,(H,20,21)(H,17,18,19). The van der Waals surface area contributed by atoms with Crippen LogP contribution in [0.1, 0.15) is 29.7 Å². The molecule has 21 heavy (non-hydrogen) atoms. The zero-order valence-corrected chi connectivity index (χ0v) is 12.0. The van der Waals surface area contributed by atoms with Crippen LogP contribution < -0.4 is 10.6 Å². The van der Waals surface area contributed by atoms with E-state index in [0.29, 0.717) is 11.6 Å². The van der Waals surface area contributed by atoms with Gasteiger partial charge in [-0.1, -0.05) is 19.1 Å². The third-order valence-electron chi connectivity index (χ3n) is 2.75. The molecule has 0 radical (unpaired) electrons. The molecule has 0 spiro atoms. The summed E-state index contributed by atoms with van der Waals surface area (Å²) in [7, 11) is 0. The Labute approximate surface area is 122 Å². The number of aromatic nitrogens is 2. The summed E-state index contributed by atoms with van der Waals surface area (Å²) in [6.45, 7) is 4.49. The maximum Gasteiger partial charge on any atom is 0.274 e. The number of amides is 1. The predicted octanol–water partition coefficient (Wildman–Crippen LogP) is 3.00. The van der Waals surface area contributed by atoms with Gasteiger partial charge in [-0.25, -0.2) is 14.4 Å². The molecule has 1 aromatic carbocycles. The predicted molar refractivity (Wildman–Crippen MR) is 79.9 cm³/mol. The molecule has 6 heteroatoms. The second kappa shape index (κ2) is 6.78. The number of nitrogens with zero attached hydrogens (tertiary/aromatic N) is 2. The summed E-state index contributed by atoms with van der Waals surface area (Å²) < 4.78 is 13.5. The molecule has 2 N–H and O–H groups in total. The van der Waals surface area contributed by atoms with Crippen molar-refractivity contribution in [2.45, 2.75) is 20.3 Å². The summed E-state index contributed by atoms with van der Waals surface area (Å²) in [6, 6.07) is 7.55. The quantitative estimate of drug-likeness (QED) is 0.887. The lowest BCUT2D eigenvalue weighted by molar-refractivity contribution is 0.102. The van der Waals surface area contributed by atoms with Crippen molar-refractivity contribution in [2.75, 3.05) is 17.2 Å². The molecule has 0 saturated carbocycles. The molecule has 2 aromatic rings. The van der Waals surface area contributed by atoms with Crippen molar-refractivity contribution in [1.29, 1.82) is 0 Å². The van der Waals surface area contributed by atoms with Gasteiger partial charge in [0.25, 0.3) is 5.91 Å². The number of aryl methyl sites for hydroxylation is 1. The van der Waals surface area contributed by atoms with E-state index in [0.717, 1.165) is 13.0 Å². The van der Waals surface area contributed by atoms with Gasteiger partial charge in [0.15, 0.2) is 0 Å². The molecule has 1 aromatic heterocycles. The van der Waals surface area contributed by atoms with E-state index in [2.05, 4.69) is 20.6 Å². The summed E-state index contributed by atoms with van der Waals surface area (Å²) in [6.07, 6.45) is 0.944. The summed E-state index contributed by atoms with van der Waals surface area (Å²) in [5.74, 6) is 0.115. The van der Waals surface area contributed by atoms with Crippen LogP contribution in [0.25, 0.3) is 0 Å². The first-order chi connectivity index (χ1) is 10.1. The minimum atomic E-state index is -0.485. The molecular weight excluding hydrogens is 271 g/mol. The molecule has 0 aliphatic heterocycles. The molecule has 0 saturated heterocycles. The average molecular weight is 288 g/mol. The Hall–Kier alpha value is -2.50. The van der Waals surface area contributed by atoms with Gasteiger partial charge in [-0.15, -0.1) is 0 Å². The molecule has 1 amide bonds. The number of carbonyl (C=O) groups excluding carboxylic acids is 1. The van der Waals surface area contributed by atoms with Crippen LogP contribution in [-0.2, 0) is 0 Å². The smallest absolute Gasteiger partial charge is 0.274 e. The van der Waals surface area contributed by atoms with Crippen LogP contribution in [0.5, 0.6) is 0 Å². The zero-order valence-electron chi connectivity index (χ0n) is 12.0. The molecule has 1 heterocycles. The number of carbonyl (C=O) groups is 1. The van der Waals surface area contributed by atoms with Gasteiger partial charge in [-0.2, -0.15) is 0 Å². The highest BCUT2D eigenvalue weighted by molar-refractivity contribution is 6.03. The fourth-order valence-electron chi connectivity index (χ4n) is 1.78. The summed E-state index contributed by atoms with van der Waals surface area (Å²) >= 11 is 0. The van der Waals surface area contributed by atoms with Gasteiger partial charge in [0.05, 0.1) is 5.69 Å². The Morgan fingerprint density at radius 3 is 2.76 bits per heavy atom. The molecule has 0 unspecified atom stereocenters. The van der Waals surface area contributed by atoms with E-state index in [4.69, 9.17) is 0 Å². The second-order valence-corrected chi connectivity index (χ2v) is 4.55. The molecule has 110 valence electrons. The van der Waals surface area contributed by atoms with Gasteiger partial charge in [-0.3, -0.25) is 4.79 Å². The molecule has 5 nitrogen and oxygen atoms in total. The molecule has 0 atom stereocenters. The lowest BCUT2D eigenvalue weighted by atomic mass is 10.3. The third-order valence-corrected chi connectivity index (χ3v) is 2.75. The minimum absolute atomic E-state index is 0.127. The molecule has 0 aliphatic carbocycles. The van der Waals surface area contributed by atoms with E-state index in [1.165, 1.54) is 12.1 Å². The van der Waals surface area contributed by atoms with Gasteiger partial charge in [0, 0.05) is 12.6 Å². The Morgan fingerprint density at radius 2 is 2.05 bits per heavy atom. The fraction of sp³-hybridized carbons (Fsp3) is 0.267. The molecule has 0 bridgehead atoms. The van der Waals surface area contributed by atoms with Crippen molar-refractivity contribution in [3.05, 3.63) is 47.7 Å². The Bertz CT molecular complexity index is 645. The maximum absolute atomic E-state index is 13.5. The fourth-order valence-corrected chi connectivity index (χ4v) is 1.78. The van der Waals surface area contributed by atoms with Gasteiger partial charge >= 0.3 is 0 Å². The van der Waals surface area contributed by atoms with Crippen LogP contribution in [-0.4, -0.2) is 22.4 Å². The van der Waals surface area contributed by atoms with Crippen LogP contribution in [0.4, 0.5) is 15.9 Å². The van der Waals surface area contributed by atoms with E-state index in [1.807, 2.05) is 6.92 Å². The number of benzene rings is 1. The van der Waals surface area contributed by atoms with Gasteiger partial charge in [0.1, 0.15) is 23.2 Å². The van der Waals surface area contributed by atoms with Gasteiger partial charge in [0.2, 0.25) is 0 Å². The average Bonchev–Trinajstić information content (AvgIpc) is 2.47. The highest BCUT2D eigenvalue weighted by Crippen LogP contribution is 2.14. The van der Waals surface area contributed by atoms with Crippen molar-refractivity contribution < 1.29 is 9.18 Å². The molecule has 0 fully saturated rings. The maximum atomic E-state index is 13.5. The van der Waals surface area contributed by atoms with E-state index in [1.54, 1.807) is 25.1 Å².